The number of carbonyl (C=O) groups excluding carboxylic acids is 1. The Morgan fingerprint density at radius 1 is 1.08 bits per heavy atom. The Labute approximate surface area is 141 Å². The minimum absolute atomic E-state index is 0.0453. The molecule has 0 atom stereocenters. The van der Waals surface area contributed by atoms with Gasteiger partial charge in [0.1, 0.15) is 0 Å². The van der Waals surface area contributed by atoms with Crippen LogP contribution in [0.3, 0.4) is 0 Å². The van der Waals surface area contributed by atoms with Crippen LogP contribution in [0.15, 0.2) is 60.3 Å². The SMILES string of the molecule is O=C(CCNS(=O)(=O)/C=C/c1ccccc1)NCc1ccncc1. The molecule has 2 rings (SSSR count). The number of carbonyl (C=O) groups is 1. The summed E-state index contributed by atoms with van der Waals surface area (Å²) in [5.74, 6) is -0.221. The molecule has 1 heterocycles. The fourth-order valence-electron chi connectivity index (χ4n) is 1.88. The average molecular weight is 345 g/mol. The summed E-state index contributed by atoms with van der Waals surface area (Å²) in [4.78, 5) is 15.6. The summed E-state index contributed by atoms with van der Waals surface area (Å²) >= 11 is 0. The highest BCUT2D eigenvalue weighted by Crippen LogP contribution is 2.02. The summed E-state index contributed by atoms with van der Waals surface area (Å²) in [5, 5.41) is 3.82. The largest absolute Gasteiger partial charge is 0.352 e. The number of rotatable bonds is 8. The maximum atomic E-state index is 11.8. The average Bonchev–Trinajstić information content (AvgIpc) is 2.60. The van der Waals surface area contributed by atoms with Crippen molar-refractivity contribution in [3.8, 4) is 0 Å². The van der Waals surface area contributed by atoms with Gasteiger partial charge in [-0.2, -0.15) is 0 Å². The third-order valence-electron chi connectivity index (χ3n) is 3.13. The molecule has 1 amide bonds. The van der Waals surface area contributed by atoms with Gasteiger partial charge in [-0.15, -0.1) is 0 Å². The molecule has 0 bridgehead atoms. The molecule has 0 saturated heterocycles. The Morgan fingerprint density at radius 3 is 2.50 bits per heavy atom. The number of nitrogens with zero attached hydrogens (tertiary/aromatic N) is 1. The predicted molar refractivity (Wildman–Crippen MR) is 93.1 cm³/mol. The molecular weight excluding hydrogens is 326 g/mol. The van der Waals surface area contributed by atoms with Gasteiger partial charge >= 0.3 is 0 Å². The van der Waals surface area contributed by atoms with Gasteiger partial charge in [0.25, 0.3) is 0 Å². The second kappa shape index (κ2) is 8.95. The van der Waals surface area contributed by atoms with Crippen molar-refractivity contribution in [1.82, 2.24) is 15.0 Å². The van der Waals surface area contributed by atoms with Gasteiger partial charge in [-0.3, -0.25) is 9.78 Å². The zero-order valence-corrected chi connectivity index (χ0v) is 13.9. The monoisotopic (exact) mass is 345 g/mol. The number of pyridine rings is 1. The molecule has 7 heteroatoms. The first-order valence-corrected chi connectivity index (χ1v) is 8.98. The smallest absolute Gasteiger partial charge is 0.233 e. The van der Waals surface area contributed by atoms with Crippen LogP contribution in [0.25, 0.3) is 6.08 Å². The van der Waals surface area contributed by atoms with Crippen molar-refractivity contribution < 1.29 is 13.2 Å². The Morgan fingerprint density at radius 2 is 1.79 bits per heavy atom. The van der Waals surface area contributed by atoms with E-state index in [0.29, 0.717) is 6.54 Å². The number of nitrogens with one attached hydrogen (secondary N) is 2. The number of amides is 1. The van der Waals surface area contributed by atoms with Crippen molar-refractivity contribution in [3.05, 3.63) is 71.4 Å². The summed E-state index contributed by atoms with van der Waals surface area (Å²) in [6.45, 7) is 0.436. The number of hydrogen-bond acceptors (Lipinski definition) is 4. The zero-order valence-electron chi connectivity index (χ0n) is 13.1. The van der Waals surface area contributed by atoms with E-state index in [1.807, 2.05) is 18.2 Å². The molecule has 0 fully saturated rings. The van der Waals surface area contributed by atoms with Gasteiger partial charge in [0.2, 0.25) is 15.9 Å². The fourth-order valence-corrected chi connectivity index (χ4v) is 2.70. The highest BCUT2D eigenvalue weighted by atomic mass is 32.2. The number of benzene rings is 1. The van der Waals surface area contributed by atoms with Crippen molar-refractivity contribution in [2.75, 3.05) is 6.54 Å². The van der Waals surface area contributed by atoms with Crippen LogP contribution in [0.5, 0.6) is 0 Å². The molecule has 0 aliphatic rings. The molecule has 0 unspecified atom stereocenters. The van der Waals surface area contributed by atoms with Crippen molar-refractivity contribution in [3.63, 3.8) is 0 Å². The highest BCUT2D eigenvalue weighted by Gasteiger charge is 2.07. The van der Waals surface area contributed by atoms with Gasteiger partial charge in [0.05, 0.1) is 0 Å². The maximum absolute atomic E-state index is 11.8. The van der Waals surface area contributed by atoms with Crippen LogP contribution in [0, 0.1) is 0 Å². The first kappa shape index (κ1) is 17.8. The molecule has 0 radical (unpaired) electrons. The van der Waals surface area contributed by atoms with Crippen LogP contribution in [0.1, 0.15) is 17.5 Å². The molecule has 126 valence electrons. The van der Waals surface area contributed by atoms with Crippen molar-refractivity contribution in [2.45, 2.75) is 13.0 Å². The first-order chi connectivity index (χ1) is 11.6. The normalized spacial score (nSPS) is 11.5. The van der Waals surface area contributed by atoms with E-state index in [-0.39, 0.29) is 18.9 Å². The van der Waals surface area contributed by atoms with Gasteiger partial charge < -0.3 is 5.32 Å². The lowest BCUT2D eigenvalue weighted by Gasteiger charge is -2.05. The Kier molecular flexibility index (Phi) is 6.65. The molecule has 1 aromatic carbocycles. The Balaban J connectivity index is 1.72. The minimum atomic E-state index is -3.56. The van der Waals surface area contributed by atoms with Crippen molar-refractivity contribution in [1.29, 1.82) is 0 Å². The molecular formula is C17H19N3O3S. The summed E-state index contributed by atoms with van der Waals surface area (Å²) < 4.78 is 26.0. The maximum Gasteiger partial charge on any atom is 0.233 e. The van der Waals surface area contributed by atoms with E-state index in [0.717, 1.165) is 16.5 Å². The van der Waals surface area contributed by atoms with Crippen LogP contribution >= 0.6 is 0 Å². The minimum Gasteiger partial charge on any atom is -0.352 e. The highest BCUT2D eigenvalue weighted by molar-refractivity contribution is 7.92. The zero-order chi connectivity index (χ0) is 17.3. The molecule has 2 aromatic rings. The third-order valence-corrected chi connectivity index (χ3v) is 4.23. The van der Waals surface area contributed by atoms with E-state index in [1.54, 1.807) is 36.7 Å². The van der Waals surface area contributed by atoms with E-state index in [4.69, 9.17) is 0 Å². The lowest BCUT2D eigenvalue weighted by molar-refractivity contribution is -0.121. The Hall–Kier alpha value is -2.51. The number of hydrogen-bond donors (Lipinski definition) is 2. The summed E-state index contributed by atoms with van der Waals surface area (Å²) in [6, 6.07) is 12.7. The van der Waals surface area contributed by atoms with Crippen molar-refractivity contribution >= 4 is 22.0 Å². The fraction of sp³-hybridized carbons (Fsp3) is 0.176. The second-order valence-electron chi connectivity index (χ2n) is 5.03. The molecule has 2 N–H and O–H groups in total. The predicted octanol–water partition coefficient (Wildman–Crippen LogP) is 1.68. The van der Waals surface area contributed by atoms with Crippen LogP contribution in [0.4, 0.5) is 0 Å². The first-order valence-electron chi connectivity index (χ1n) is 7.43. The summed E-state index contributed by atoms with van der Waals surface area (Å²) in [6.07, 6.45) is 4.87. The lowest BCUT2D eigenvalue weighted by atomic mass is 10.2. The summed E-state index contributed by atoms with van der Waals surface area (Å²) in [7, 11) is -3.56. The molecule has 0 aliphatic carbocycles. The van der Waals surface area contributed by atoms with Crippen LogP contribution in [-0.4, -0.2) is 25.9 Å². The third kappa shape index (κ3) is 6.72. The van der Waals surface area contributed by atoms with E-state index < -0.39 is 10.0 Å². The van der Waals surface area contributed by atoms with Gasteiger partial charge in [-0.25, -0.2) is 13.1 Å². The number of aromatic nitrogens is 1. The molecule has 0 aliphatic heterocycles. The van der Waals surface area contributed by atoms with Gasteiger partial charge in [0.15, 0.2) is 0 Å². The van der Waals surface area contributed by atoms with E-state index >= 15 is 0 Å². The van der Waals surface area contributed by atoms with E-state index in [1.165, 1.54) is 6.08 Å². The van der Waals surface area contributed by atoms with E-state index in [2.05, 4.69) is 15.0 Å². The molecule has 0 saturated carbocycles. The van der Waals surface area contributed by atoms with Gasteiger partial charge in [0, 0.05) is 37.3 Å². The standard InChI is InChI=1S/C17H19N3O3S/c21-17(19-14-16-6-10-18-11-7-16)8-12-20-24(22,23)13-9-15-4-2-1-3-5-15/h1-7,9-11,13,20H,8,12,14H2,(H,19,21)/b13-9+. The molecule has 6 nitrogen and oxygen atoms in total. The molecule has 24 heavy (non-hydrogen) atoms. The van der Waals surface area contributed by atoms with E-state index in [9.17, 15) is 13.2 Å². The topological polar surface area (TPSA) is 88.2 Å². The molecule has 0 spiro atoms. The van der Waals surface area contributed by atoms with Crippen LogP contribution in [-0.2, 0) is 21.4 Å². The van der Waals surface area contributed by atoms with Crippen molar-refractivity contribution in [2.24, 2.45) is 0 Å². The Bertz CT molecular complexity index is 775. The molecule has 1 aromatic heterocycles. The van der Waals surface area contributed by atoms with Gasteiger partial charge in [-0.05, 0) is 29.3 Å². The number of sulfonamides is 1. The van der Waals surface area contributed by atoms with Gasteiger partial charge in [-0.1, -0.05) is 30.3 Å². The quantitative estimate of drug-likeness (QED) is 0.762. The second-order valence-corrected chi connectivity index (χ2v) is 6.69. The lowest BCUT2D eigenvalue weighted by Crippen LogP contribution is -2.29. The summed E-state index contributed by atoms with van der Waals surface area (Å²) in [5.41, 5.74) is 1.72. The van der Waals surface area contributed by atoms with Crippen LogP contribution in [0.2, 0.25) is 0 Å². The van der Waals surface area contributed by atoms with Crippen LogP contribution < -0.4 is 10.0 Å².